The number of methoxy groups -OCH3 is 1. The highest BCUT2D eigenvalue weighted by molar-refractivity contribution is 7.89. The average molecular weight is 497 g/mol. The van der Waals surface area contributed by atoms with Gasteiger partial charge in [0.15, 0.2) is 0 Å². The molecule has 1 N–H and O–H groups in total. The minimum atomic E-state index is -3.78. The van der Waals surface area contributed by atoms with Crippen LogP contribution in [0.4, 0.5) is 5.82 Å². The van der Waals surface area contributed by atoms with Crippen LogP contribution in [0.2, 0.25) is 0 Å². The Hall–Kier alpha value is -2.52. The molecule has 4 aliphatic carbocycles. The van der Waals surface area contributed by atoms with Crippen molar-refractivity contribution >= 4 is 21.7 Å². The Morgan fingerprint density at radius 3 is 2.46 bits per heavy atom. The first kappa shape index (κ1) is 22.9. The van der Waals surface area contributed by atoms with Gasteiger partial charge in [-0.2, -0.15) is 4.31 Å². The summed E-state index contributed by atoms with van der Waals surface area (Å²) in [4.78, 5) is 22.5. The Balaban J connectivity index is 1.24. The van der Waals surface area contributed by atoms with E-state index in [1.54, 1.807) is 12.1 Å². The van der Waals surface area contributed by atoms with Crippen LogP contribution < -0.4 is 10.1 Å². The van der Waals surface area contributed by atoms with Gasteiger partial charge in [-0.15, -0.1) is 0 Å². The van der Waals surface area contributed by atoms with Crippen molar-refractivity contribution < 1.29 is 17.9 Å². The van der Waals surface area contributed by atoms with Gasteiger partial charge in [-0.25, -0.2) is 18.4 Å². The maximum absolute atomic E-state index is 13.6. The van der Waals surface area contributed by atoms with E-state index in [0.717, 1.165) is 30.4 Å². The van der Waals surface area contributed by atoms with Gasteiger partial charge < -0.3 is 10.1 Å². The number of nitrogens with one attached hydrogen (secondary N) is 1. The SMILES string of the molecule is COc1ccc(C)cc1S(=O)(=O)N1CCc2c(ncnc2NC(=O)C23CC4CC(CC(C4)C2)C3)C1. The van der Waals surface area contributed by atoms with Crippen LogP contribution in [-0.4, -0.2) is 42.3 Å². The van der Waals surface area contributed by atoms with Crippen molar-refractivity contribution in [3.8, 4) is 5.75 Å². The van der Waals surface area contributed by atoms with Gasteiger partial charge in [0.1, 0.15) is 22.8 Å². The minimum absolute atomic E-state index is 0.0945. The monoisotopic (exact) mass is 496 g/mol. The number of benzene rings is 1. The van der Waals surface area contributed by atoms with E-state index >= 15 is 0 Å². The van der Waals surface area contributed by atoms with Crippen molar-refractivity contribution in [1.29, 1.82) is 0 Å². The normalized spacial score (nSPS) is 29.6. The standard InChI is InChI=1S/C26H32N4O4S/c1-16-3-4-22(34-2)23(7-16)35(32,33)30-6-5-20-21(14-30)27-15-28-24(20)29-25(31)26-11-17-8-18(12-26)10-19(9-17)13-26/h3-4,7,15,17-19H,5-6,8-14H2,1-2H3,(H,27,28,29,31). The van der Waals surface area contributed by atoms with E-state index in [-0.39, 0.29) is 22.8 Å². The third kappa shape index (κ3) is 3.83. The zero-order valence-corrected chi connectivity index (χ0v) is 21.1. The largest absolute Gasteiger partial charge is 0.495 e. The molecule has 0 unspecified atom stereocenters. The zero-order chi connectivity index (χ0) is 24.4. The van der Waals surface area contributed by atoms with Crippen LogP contribution in [0.25, 0.3) is 0 Å². The number of aromatic nitrogens is 2. The fourth-order valence-electron chi connectivity index (χ4n) is 7.40. The molecule has 4 saturated carbocycles. The number of amides is 1. The molecule has 0 spiro atoms. The number of hydrogen-bond donors (Lipinski definition) is 1. The van der Waals surface area contributed by atoms with E-state index in [4.69, 9.17) is 4.74 Å². The highest BCUT2D eigenvalue weighted by Crippen LogP contribution is 2.60. The van der Waals surface area contributed by atoms with Gasteiger partial charge in [-0.3, -0.25) is 4.79 Å². The topological polar surface area (TPSA) is 101 Å². The molecule has 1 aromatic carbocycles. The van der Waals surface area contributed by atoms with Gasteiger partial charge in [0.05, 0.1) is 24.8 Å². The number of carbonyl (C=O) groups excluding carboxylic acids is 1. The summed E-state index contributed by atoms with van der Waals surface area (Å²) in [7, 11) is -2.30. The van der Waals surface area contributed by atoms with Crippen molar-refractivity contribution in [2.45, 2.75) is 63.3 Å². The highest BCUT2D eigenvalue weighted by Gasteiger charge is 2.54. The molecule has 1 amide bonds. The van der Waals surface area contributed by atoms with E-state index in [1.165, 1.54) is 37.0 Å². The lowest BCUT2D eigenvalue weighted by molar-refractivity contribution is -0.140. The van der Waals surface area contributed by atoms with Gasteiger partial charge in [-0.1, -0.05) is 6.07 Å². The van der Waals surface area contributed by atoms with Crippen LogP contribution in [-0.2, 0) is 27.8 Å². The molecule has 9 heteroatoms. The summed E-state index contributed by atoms with van der Waals surface area (Å²) in [6.07, 6.45) is 8.69. The summed E-state index contributed by atoms with van der Waals surface area (Å²) in [5.41, 5.74) is 2.06. The smallest absolute Gasteiger partial charge is 0.247 e. The average Bonchev–Trinajstić information content (AvgIpc) is 2.83. The molecule has 2 aromatic rings. The molecule has 7 rings (SSSR count). The number of carbonyl (C=O) groups is 1. The predicted molar refractivity (Wildman–Crippen MR) is 130 cm³/mol. The molecule has 186 valence electrons. The molecule has 4 bridgehead atoms. The van der Waals surface area contributed by atoms with Crippen LogP contribution in [0.3, 0.4) is 0 Å². The first-order chi connectivity index (χ1) is 16.8. The molecule has 1 aliphatic heterocycles. The van der Waals surface area contributed by atoms with Crippen LogP contribution in [0.1, 0.15) is 55.3 Å². The lowest BCUT2D eigenvalue weighted by Gasteiger charge is -2.55. The number of sulfonamides is 1. The maximum Gasteiger partial charge on any atom is 0.247 e. The van der Waals surface area contributed by atoms with Gasteiger partial charge >= 0.3 is 0 Å². The van der Waals surface area contributed by atoms with Gasteiger partial charge in [-0.05, 0) is 87.3 Å². The number of hydrogen-bond acceptors (Lipinski definition) is 6. The highest BCUT2D eigenvalue weighted by atomic mass is 32.2. The van der Waals surface area contributed by atoms with Gasteiger partial charge in [0, 0.05) is 12.1 Å². The number of ether oxygens (including phenoxy) is 1. The molecule has 4 fully saturated rings. The Morgan fingerprint density at radius 1 is 1.11 bits per heavy atom. The summed E-state index contributed by atoms with van der Waals surface area (Å²) in [5.74, 6) is 3.02. The summed E-state index contributed by atoms with van der Waals surface area (Å²) < 4.78 is 33.7. The maximum atomic E-state index is 13.6. The zero-order valence-electron chi connectivity index (χ0n) is 20.3. The van der Waals surface area contributed by atoms with Gasteiger partial charge in [0.25, 0.3) is 0 Å². The Morgan fingerprint density at radius 2 is 1.80 bits per heavy atom. The molecule has 0 radical (unpaired) electrons. The molecule has 1 aromatic heterocycles. The fourth-order valence-corrected chi connectivity index (χ4v) is 9.04. The van der Waals surface area contributed by atoms with Crippen molar-refractivity contribution in [3.05, 3.63) is 41.3 Å². The molecule has 8 nitrogen and oxygen atoms in total. The first-order valence-electron chi connectivity index (χ1n) is 12.6. The first-order valence-corrected chi connectivity index (χ1v) is 14.0. The fraction of sp³-hybridized carbons (Fsp3) is 0.577. The molecule has 35 heavy (non-hydrogen) atoms. The lowest BCUT2D eigenvalue weighted by Crippen LogP contribution is -2.52. The number of nitrogens with zero attached hydrogens (tertiary/aromatic N) is 3. The van der Waals surface area contributed by atoms with Crippen LogP contribution in [0.15, 0.2) is 29.4 Å². The second-order valence-corrected chi connectivity index (χ2v) is 12.9. The molecular formula is C26H32N4O4S. The van der Waals surface area contributed by atoms with E-state index in [0.29, 0.717) is 48.0 Å². The summed E-state index contributed by atoms with van der Waals surface area (Å²) in [6.45, 7) is 2.29. The quantitative estimate of drug-likeness (QED) is 0.677. The van der Waals surface area contributed by atoms with Crippen molar-refractivity contribution in [1.82, 2.24) is 14.3 Å². The minimum Gasteiger partial charge on any atom is -0.495 e. The third-order valence-corrected chi connectivity index (χ3v) is 10.5. The van der Waals surface area contributed by atoms with Crippen LogP contribution >= 0.6 is 0 Å². The molecule has 0 atom stereocenters. The molecular weight excluding hydrogens is 464 g/mol. The lowest BCUT2D eigenvalue weighted by atomic mass is 9.49. The van der Waals surface area contributed by atoms with E-state index in [9.17, 15) is 13.2 Å². The Kier molecular flexibility index (Phi) is 5.41. The van der Waals surface area contributed by atoms with Crippen LogP contribution in [0.5, 0.6) is 5.75 Å². The summed E-state index contributed by atoms with van der Waals surface area (Å²) in [6, 6.07) is 5.15. The second-order valence-electron chi connectivity index (χ2n) is 11.0. The van der Waals surface area contributed by atoms with Crippen molar-refractivity contribution in [3.63, 3.8) is 0 Å². The van der Waals surface area contributed by atoms with E-state index in [2.05, 4.69) is 15.3 Å². The van der Waals surface area contributed by atoms with Crippen molar-refractivity contribution in [2.24, 2.45) is 23.2 Å². The number of fused-ring (bicyclic) bond motifs is 1. The second kappa shape index (κ2) is 8.27. The van der Waals surface area contributed by atoms with E-state index in [1.807, 2.05) is 13.0 Å². The number of rotatable bonds is 5. The Labute approximate surface area is 206 Å². The number of aryl methyl sites for hydroxylation is 1. The predicted octanol–water partition coefficient (Wildman–Crippen LogP) is 3.70. The van der Waals surface area contributed by atoms with Crippen molar-refractivity contribution in [2.75, 3.05) is 19.0 Å². The van der Waals surface area contributed by atoms with E-state index < -0.39 is 10.0 Å². The summed E-state index contributed by atoms with van der Waals surface area (Å²) in [5, 5.41) is 3.16. The van der Waals surface area contributed by atoms with Crippen LogP contribution in [0, 0.1) is 30.1 Å². The number of anilines is 1. The molecule has 2 heterocycles. The van der Waals surface area contributed by atoms with Gasteiger partial charge in [0.2, 0.25) is 15.9 Å². The molecule has 5 aliphatic rings. The third-order valence-electron chi connectivity index (χ3n) is 8.66. The summed E-state index contributed by atoms with van der Waals surface area (Å²) >= 11 is 0. The Bertz CT molecular complexity index is 1260. The molecule has 0 saturated heterocycles.